The van der Waals surface area contributed by atoms with E-state index in [2.05, 4.69) is 68.4 Å². The lowest BCUT2D eigenvalue weighted by Gasteiger charge is -2.15. The molecule has 0 spiro atoms. The highest BCUT2D eigenvalue weighted by molar-refractivity contribution is 7.09. The topological polar surface area (TPSA) is 96.0 Å². The van der Waals surface area contributed by atoms with Gasteiger partial charge in [-0.15, -0.1) is 11.3 Å². The quantitative estimate of drug-likeness (QED) is 0.291. The van der Waals surface area contributed by atoms with Gasteiger partial charge in [0.1, 0.15) is 5.01 Å². The van der Waals surface area contributed by atoms with E-state index >= 15 is 0 Å². The standard InChI is InChI=1S/C27H40N6O2S/c1-6-24-23(11-9-10-21-15-19(4)14-20(5)29-21)26(34)32-27(31-24)28-12-13-35-17-22-18-36-25(30-22)16-33(7-2)8-3/h14-15,18H,6-13,16-17H2,1-5H3,(H2,28,31,32,34). The molecule has 0 saturated carbocycles. The molecule has 36 heavy (non-hydrogen) atoms. The minimum absolute atomic E-state index is 0.0677. The Bertz CT molecular complexity index is 1140. The lowest BCUT2D eigenvalue weighted by atomic mass is 10.0. The summed E-state index contributed by atoms with van der Waals surface area (Å²) < 4.78 is 5.78. The third-order valence-corrected chi connectivity index (χ3v) is 6.97. The summed E-state index contributed by atoms with van der Waals surface area (Å²) in [4.78, 5) is 31.9. The van der Waals surface area contributed by atoms with Crippen LogP contribution in [0.3, 0.4) is 0 Å². The molecule has 0 aliphatic heterocycles. The molecule has 3 rings (SSSR count). The number of rotatable bonds is 15. The Morgan fingerprint density at radius 1 is 1.06 bits per heavy atom. The van der Waals surface area contributed by atoms with Gasteiger partial charge >= 0.3 is 0 Å². The average Bonchev–Trinajstić information content (AvgIpc) is 3.29. The maximum atomic E-state index is 12.8. The number of anilines is 1. The first-order valence-corrected chi connectivity index (χ1v) is 13.8. The summed E-state index contributed by atoms with van der Waals surface area (Å²) in [5.41, 5.74) is 5.84. The number of pyridine rings is 1. The van der Waals surface area contributed by atoms with Crippen LogP contribution in [0.15, 0.2) is 22.3 Å². The van der Waals surface area contributed by atoms with E-state index in [9.17, 15) is 4.79 Å². The highest BCUT2D eigenvalue weighted by Crippen LogP contribution is 2.14. The third kappa shape index (κ3) is 8.50. The van der Waals surface area contributed by atoms with Gasteiger partial charge in [-0.25, -0.2) is 9.97 Å². The molecule has 0 atom stereocenters. The molecule has 8 nitrogen and oxygen atoms in total. The zero-order valence-corrected chi connectivity index (χ0v) is 23.1. The Morgan fingerprint density at radius 2 is 1.86 bits per heavy atom. The van der Waals surface area contributed by atoms with E-state index in [-0.39, 0.29) is 5.56 Å². The van der Waals surface area contributed by atoms with Crippen LogP contribution in [0.1, 0.15) is 66.1 Å². The fourth-order valence-corrected chi connectivity index (χ4v) is 5.04. The van der Waals surface area contributed by atoms with Crippen LogP contribution in [0.5, 0.6) is 0 Å². The van der Waals surface area contributed by atoms with Gasteiger partial charge in [0.05, 0.1) is 31.1 Å². The fourth-order valence-electron chi connectivity index (χ4n) is 4.22. The summed E-state index contributed by atoms with van der Waals surface area (Å²) in [5.74, 6) is 0.496. The van der Waals surface area contributed by atoms with Crippen molar-refractivity contribution < 1.29 is 4.74 Å². The van der Waals surface area contributed by atoms with Gasteiger partial charge < -0.3 is 10.1 Å². The molecular formula is C27H40N6O2S. The molecule has 0 fully saturated rings. The second-order valence-corrected chi connectivity index (χ2v) is 9.94. The zero-order valence-electron chi connectivity index (χ0n) is 22.3. The molecule has 0 amide bonds. The van der Waals surface area contributed by atoms with Crippen molar-refractivity contribution >= 4 is 17.3 Å². The summed E-state index contributed by atoms with van der Waals surface area (Å²) in [7, 11) is 0. The number of thiazole rings is 1. The normalized spacial score (nSPS) is 11.4. The molecule has 0 bridgehead atoms. The third-order valence-electron chi connectivity index (χ3n) is 6.09. The molecule has 3 aromatic rings. The Kier molecular flexibility index (Phi) is 11.0. The zero-order chi connectivity index (χ0) is 25.9. The molecule has 0 unspecified atom stereocenters. The van der Waals surface area contributed by atoms with Crippen LogP contribution >= 0.6 is 11.3 Å². The van der Waals surface area contributed by atoms with Gasteiger partial charge in [0.25, 0.3) is 5.56 Å². The fraction of sp³-hybridized carbons (Fsp3) is 0.556. The van der Waals surface area contributed by atoms with E-state index in [1.807, 2.05) is 13.8 Å². The lowest BCUT2D eigenvalue weighted by Crippen LogP contribution is -2.22. The molecular weight excluding hydrogens is 472 g/mol. The Hall–Kier alpha value is -2.62. The molecule has 9 heteroatoms. The number of hydrogen-bond donors (Lipinski definition) is 2. The summed E-state index contributed by atoms with van der Waals surface area (Å²) >= 11 is 1.68. The van der Waals surface area contributed by atoms with Crippen molar-refractivity contribution in [1.82, 2.24) is 24.8 Å². The van der Waals surface area contributed by atoms with E-state index in [0.717, 1.165) is 65.8 Å². The molecule has 0 saturated heterocycles. The first-order valence-electron chi connectivity index (χ1n) is 12.9. The van der Waals surface area contributed by atoms with Crippen LogP contribution in [-0.4, -0.2) is 51.1 Å². The maximum Gasteiger partial charge on any atom is 0.255 e. The van der Waals surface area contributed by atoms with Gasteiger partial charge in [0.2, 0.25) is 5.95 Å². The molecule has 0 aromatic carbocycles. The second-order valence-electron chi connectivity index (χ2n) is 9.00. The number of nitrogens with one attached hydrogen (secondary N) is 2. The van der Waals surface area contributed by atoms with Crippen LogP contribution in [0.2, 0.25) is 0 Å². The minimum Gasteiger partial charge on any atom is -0.373 e. The average molecular weight is 513 g/mol. The number of aromatic amines is 1. The van der Waals surface area contributed by atoms with Crippen molar-refractivity contribution in [3.63, 3.8) is 0 Å². The van der Waals surface area contributed by atoms with Crippen molar-refractivity contribution in [3.05, 3.63) is 66.8 Å². The van der Waals surface area contributed by atoms with Gasteiger partial charge in [-0.2, -0.15) is 0 Å². The van der Waals surface area contributed by atoms with E-state index in [1.165, 1.54) is 5.56 Å². The number of H-pyrrole nitrogens is 1. The predicted octanol–water partition coefficient (Wildman–Crippen LogP) is 4.45. The first-order chi connectivity index (χ1) is 17.4. The van der Waals surface area contributed by atoms with E-state index < -0.39 is 0 Å². The highest BCUT2D eigenvalue weighted by atomic mass is 32.1. The van der Waals surface area contributed by atoms with Crippen LogP contribution in [0.4, 0.5) is 5.95 Å². The van der Waals surface area contributed by atoms with Crippen molar-refractivity contribution in [2.45, 2.75) is 73.5 Å². The van der Waals surface area contributed by atoms with E-state index in [1.54, 1.807) is 11.3 Å². The van der Waals surface area contributed by atoms with Crippen LogP contribution in [-0.2, 0) is 37.2 Å². The van der Waals surface area contributed by atoms with Gasteiger partial charge in [0.15, 0.2) is 0 Å². The Labute approximate surface area is 218 Å². The first kappa shape index (κ1) is 28.0. The predicted molar refractivity (Wildman–Crippen MR) is 147 cm³/mol. The Balaban J connectivity index is 1.45. The van der Waals surface area contributed by atoms with Crippen LogP contribution in [0.25, 0.3) is 0 Å². The van der Waals surface area contributed by atoms with Gasteiger partial charge in [-0.3, -0.25) is 19.7 Å². The molecule has 0 aliphatic rings. The minimum atomic E-state index is -0.0677. The van der Waals surface area contributed by atoms with Crippen molar-refractivity contribution in [3.8, 4) is 0 Å². The van der Waals surface area contributed by atoms with Gasteiger partial charge in [-0.1, -0.05) is 20.8 Å². The smallest absolute Gasteiger partial charge is 0.255 e. The number of nitrogens with zero attached hydrogens (tertiary/aromatic N) is 4. The monoisotopic (exact) mass is 512 g/mol. The summed E-state index contributed by atoms with van der Waals surface area (Å²) in [6.07, 6.45) is 3.11. The van der Waals surface area contributed by atoms with Gasteiger partial charge in [-0.05, 0) is 70.3 Å². The number of aromatic nitrogens is 4. The number of ether oxygens (including phenoxy) is 1. The number of aryl methyl sites for hydroxylation is 4. The lowest BCUT2D eigenvalue weighted by molar-refractivity contribution is 0.128. The molecule has 3 heterocycles. The van der Waals surface area contributed by atoms with Crippen molar-refractivity contribution in [2.75, 3.05) is 31.6 Å². The van der Waals surface area contributed by atoms with Gasteiger partial charge in [0, 0.05) is 28.9 Å². The van der Waals surface area contributed by atoms with Crippen molar-refractivity contribution in [1.29, 1.82) is 0 Å². The SMILES string of the molecule is CCc1nc(NCCOCc2csc(CN(CC)CC)n2)[nH]c(=O)c1CCCc1cc(C)cc(C)n1. The molecule has 2 N–H and O–H groups in total. The van der Waals surface area contributed by atoms with Crippen LogP contribution in [0, 0.1) is 13.8 Å². The van der Waals surface area contributed by atoms with Crippen LogP contribution < -0.4 is 10.9 Å². The highest BCUT2D eigenvalue weighted by Gasteiger charge is 2.11. The molecule has 3 aromatic heterocycles. The number of hydrogen-bond acceptors (Lipinski definition) is 8. The summed E-state index contributed by atoms with van der Waals surface area (Å²) in [6, 6.07) is 4.19. The second kappa shape index (κ2) is 14.2. The molecule has 0 aliphatic carbocycles. The van der Waals surface area contributed by atoms with E-state index in [4.69, 9.17) is 4.74 Å². The van der Waals surface area contributed by atoms with Crippen molar-refractivity contribution in [2.24, 2.45) is 0 Å². The summed E-state index contributed by atoms with van der Waals surface area (Å²) in [5, 5.41) is 6.37. The summed E-state index contributed by atoms with van der Waals surface area (Å²) in [6.45, 7) is 14.9. The van der Waals surface area contributed by atoms with E-state index in [0.29, 0.717) is 38.5 Å². The maximum absolute atomic E-state index is 12.8. The Morgan fingerprint density at radius 3 is 2.58 bits per heavy atom. The largest absolute Gasteiger partial charge is 0.373 e. The molecule has 0 radical (unpaired) electrons. The molecule has 196 valence electrons.